The van der Waals surface area contributed by atoms with Crippen LogP contribution in [0.5, 0.6) is 5.75 Å². The molecule has 0 aliphatic carbocycles. The van der Waals surface area contributed by atoms with Crippen molar-refractivity contribution in [2.24, 2.45) is 0 Å². The van der Waals surface area contributed by atoms with E-state index in [9.17, 15) is 27.6 Å². The van der Waals surface area contributed by atoms with Crippen LogP contribution in [-0.2, 0) is 11.3 Å². The summed E-state index contributed by atoms with van der Waals surface area (Å²) in [6.45, 7) is -0.256. The first kappa shape index (κ1) is 21.8. The minimum atomic E-state index is -4.85. The standard InChI is InChI=1S/C20H16BrF3N2O4/c1-25(11-12-4-2-3-5-16(12)30-20(22,23)24)17(27)8-9-26-18(28)14-7-6-13(21)10-15(14)19(26)29/h2-7,10H,8-9,11H2,1H3. The molecule has 1 aliphatic heterocycles. The van der Waals surface area contributed by atoms with Crippen molar-refractivity contribution in [1.82, 2.24) is 9.80 Å². The zero-order chi connectivity index (χ0) is 22.1. The number of halogens is 4. The Morgan fingerprint density at radius 3 is 2.47 bits per heavy atom. The average Bonchev–Trinajstić information content (AvgIpc) is 2.90. The predicted molar refractivity (Wildman–Crippen MR) is 104 cm³/mol. The Bertz CT molecular complexity index is 1010. The lowest BCUT2D eigenvalue weighted by Crippen LogP contribution is -2.35. The quantitative estimate of drug-likeness (QED) is 0.581. The summed E-state index contributed by atoms with van der Waals surface area (Å²) < 4.78 is 42.3. The van der Waals surface area contributed by atoms with E-state index in [-0.39, 0.29) is 36.2 Å². The fraction of sp³-hybridized carbons (Fsp3) is 0.250. The monoisotopic (exact) mass is 484 g/mol. The highest BCUT2D eigenvalue weighted by molar-refractivity contribution is 9.10. The van der Waals surface area contributed by atoms with E-state index in [1.165, 1.54) is 36.2 Å². The molecule has 0 fully saturated rings. The number of fused-ring (bicyclic) bond motifs is 1. The molecule has 158 valence electrons. The Balaban J connectivity index is 1.63. The molecule has 0 saturated carbocycles. The number of ether oxygens (including phenoxy) is 1. The maximum Gasteiger partial charge on any atom is 0.573 e. The maximum atomic E-state index is 12.5. The highest BCUT2D eigenvalue weighted by Crippen LogP contribution is 2.28. The lowest BCUT2D eigenvalue weighted by molar-refractivity contribution is -0.275. The second kappa shape index (κ2) is 8.47. The van der Waals surface area contributed by atoms with Gasteiger partial charge in [-0.15, -0.1) is 13.2 Å². The van der Waals surface area contributed by atoms with Gasteiger partial charge >= 0.3 is 6.36 Å². The molecule has 30 heavy (non-hydrogen) atoms. The molecule has 1 aliphatic rings. The fourth-order valence-corrected chi connectivity index (χ4v) is 3.43. The maximum absolute atomic E-state index is 12.5. The van der Waals surface area contributed by atoms with E-state index in [2.05, 4.69) is 20.7 Å². The van der Waals surface area contributed by atoms with Crippen LogP contribution in [0.15, 0.2) is 46.9 Å². The van der Waals surface area contributed by atoms with Crippen molar-refractivity contribution < 1.29 is 32.3 Å². The number of carbonyl (C=O) groups is 3. The molecular weight excluding hydrogens is 469 g/mol. The smallest absolute Gasteiger partial charge is 0.405 e. The zero-order valence-corrected chi connectivity index (χ0v) is 17.3. The van der Waals surface area contributed by atoms with Gasteiger partial charge in [0.05, 0.1) is 11.1 Å². The van der Waals surface area contributed by atoms with Gasteiger partial charge in [-0.2, -0.15) is 0 Å². The summed E-state index contributed by atoms with van der Waals surface area (Å²) in [5.74, 6) is -1.80. The molecule has 10 heteroatoms. The van der Waals surface area contributed by atoms with Gasteiger partial charge in [0.1, 0.15) is 5.75 Å². The first-order chi connectivity index (χ1) is 14.1. The lowest BCUT2D eigenvalue weighted by atomic mass is 10.1. The normalized spacial score (nSPS) is 13.4. The van der Waals surface area contributed by atoms with Crippen LogP contribution in [0.3, 0.4) is 0 Å². The van der Waals surface area contributed by atoms with Gasteiger partial charge in [0, 0.05) is 36.6 Å². The van der Waals surface area contributed by atoms with Gasteiger partial charge in [-0.3, -0.25) is 19.3 Å². The molecule has 0 unspecified atom stereocenters. The molecule has 2 aromatic carbocycles. The molecular formula is C20H16BrF3N2O4. The highest BCUT2D eigenvalue weighted by atomic mass is 79.9. The number of para-hydroxylation sites is 1. The minimum absolute atomic E-state index is 0.125. The summed E-state index contributed by atoms with van der Waals surface area (Å²) in [7, 11) is 1.42. The SMILES string of the molecule is CN(Cc1ccccc1OC(F)(F)F)C(=O)CCN1C(=O)c2ccc(Br)cc2C1=O. The van der Waals surface area contributed by atoms with E-state index in [0.29, 0.717) is 4.47 Å². The van der Waals surface area contributed by atoms with Crippen molar-refractivity contribution in [3.8, 4) is 5.75 Å². The molecule has 0 spiro atoms. The molecule has 0 radical (unpaired) electrons. The van der Waals surface area contributed by atoms with Gasteiger partial charge in [0.25, 0.3) is 11.8 Å². The third kappa shape index (κ3) is 4.81. The number of carbonyl (C=O) groups excluding carboxylic acids is 3. The third-order valence-electron chi connectivity index (χ3n) is 4.51. The van der Waals surface area contributed by atoms with Gasteiger partial charge in [0.2, 0.25) is 5.91 Å². The Hall–Kier alpha value is -2.88. The van der Waals surface area contributed by atoms with Crippen molar-refractivity contribution in [3.63, 3.8) is 0 Å². The van der Waals surface area contributed by atoms with Gasteiger partial charge in [0.15, 0.2) is 0 Å². The van der Waals surface area contributed by atoms with Gasteiger partial charge < -0.3 is 9.64 Å². The lowest BCUT2D eigenvalue weighted by Gasteiger charge is -2.21. The van der Waals surface area contributed by atoms with E-state index >= 15 is 0 Å². The van der Waals surface area contributed by atoms with Crippen molar-refractivity contribution in [3.05, 3.63) is 63.6 Å². The van der Waals surface area contributed by atoms with Crippen molar-refractivity contribution in [2.45, 2.75) is 19.3 Å². The number of amides is 3. The number of alkyl halides is 3. The van der Waals surface area contributed by atoms with Crippen LogP contribution < -0.4 is 4.74 Å². The minimum Gasteiger partial charge on any atom is -0.405 e. The number of imide groups is 1. The van der Waals surface area contributed by atoms with Crippen molar-refractivity contribution >= 4 is 33.7 Å². The van der Waals surface area contributed by atoms with Gasteiger partial charge in [-0.1, -0.05) is 34.1 Å². The second-order valence-electron chi connectivity index (χ2n) is 6.61. The number of benzene rings is 2. The van der Waals surface area contributed by atoms with E-state index in [4.69, 9.17) is 0 Å². The van der Waals surface area contributed by atoms with Crippen LogP contribution in [0.1, 0.15) is 32.7 Å². The number of hydrogen-bond acceptors (Lipinski definition) is 4. The summed E-state index contributed by atoms with van der Waals surface area (Å²) in [6, 6.07) is 10.2. The molecule has 0 bridgehead atoms. The summed E-state index contributed by atoms with van der Waals surface area (Å²) in [5, 5.41) is 0. The molecule has 3 rings (SSSR count). The third-order valence-corrected chi connectivity index (χ3v) is 5.01. The average molecular weight is 485 g/mol. The van der Waals surface area contributed by atoms with Crippen LogP contribution in [0.25, 0.3) is 0 Å². The molecule has 0 saturated heterocycles. The summed E-state index contributed by atoms with van der Waals surface area (Å²) in [5.41, 5.74) is 0.701. The van der Waals surface area contributed by atoms with E-state index < -0.39 is 29.8 Å². The largest absolute Gasteiger partial charge is 0.573 e. The molecule has 0 aromatic heterocycles. The molecule has 6 nitrogen and oxygen atoms in total. The molecule has 1 heterocycles. The molecule has 0 N–H and O–H groups in total. The van der Waals surface area contributed by atoms with E-state index in [1.807, 2.05) is 0 Å². The number of nitrogens with zero attached hydrogens (tertiary/aromatic N) is 2. The predicted octanol–water partition coefficient (Wildman–Crippen LogP) is 3.99. The van der Waals surface area contributed by atoms with Crippen LogP contribution in [-0.4, -0.2) is 47.5 Å². The Morgan fingerprint density at radius 1 is 1.10 bits per heavy atom. The number of hydrogen-bond donors (Lipinski definition) is 0. The molecule has 2 aromatic rings. The van der Waals surface area contributed by atoms with E-state index in [0.717, 1.165) is 11.0 Å². The second-order valence-corrected chi connectivity index (χ2v) is 7.52. The zero-order valence-electron chi connectivity index (χ0n) is 15.7. The summed E-state index contributed by atoms with van der Waals surface area (Å²) >= 11 is 3.25. The van der Waals surface area contributed by atoms with Crippen LogP contribution in [0.2, 0.25) is 0 Å². The van der Waals surface area contributed by atoms with Crippen LogP contribution in [0.4, 0.5) is 13.2 Å². The summed E-state index contributed by atoms with van der Waals surface area (Å²) in [6.07, 6.45) is -5.01. The van der Waals surface area contributed by atoms with Gasteiger partial charge in [-0.05, 0) is 24.3 Å². The van der Waals surface area contributed by atoms with Crippen LogP contribution >= 0.6 is 15.9 Å². The van der Waals surface area contributed by atoms with Crippen molar-refractivity contribution in [1.29, 1.82) is 0 Å². The first-order valence-electron chi connectivity index (χ1n) is 8.80. The first-order valence-corrected chi connectivity index (χ1v) is 9.59. The van der Waals surface area contributed by atoms with E-state index in [1.54, 1.807) is 12.1 Å². The molecule has 3 amide bonds. The van der Waals surface area contributed by atoms with Crippen LogP contribution in [0, 0.1) is 0 Å². The highest BCUT2D eigenvalue weighted by Gasteiger charge is 2.36. The number of rotatable bonds is 6. The Morgan fingerprint density at radius 2 is 1.77 bits per heavy atom. The van der Waals surface area contributed by atoms with Gasteiger partial charge in [-0.25, -0.2) is 0 Å². The Kier molecular flexibility index (Phi) is 6.16. The Labute approximate surface area is 178 Å². The molecule has 0 atom stereocenters. The fourth-order valence-electron chi connectivity index (χ4n) is 3.07. The topological polar surface area (TPSA) is 66.9 Å². The van der Waals surface area contributed by atoms with Crippen molar-refractivity contribution in [2.75, 3.05) is 13.6 Å². The summed E-state index contributed by atoms with van der Waals surface area (Å²) in [4.78, 5) is 39.5.